The third-order valence-corrected chi connectivity index (χ3v) is 3.23. The highest BCUT2D eigenvalue weighted by atomic mass is 19.3. The van der Waals surface area contributed by atoms with Crippen LogP contribution < -0.4 is 10.1 Å². The summed E-state index contributed by atoms with van der Waals surface area (Å²) in [5.74, 6) is 0.0338. The Morgan fingerprint density at radius 2 is 1.96 bits per heavy atom. The zero-order valence-corrected chi connectivity index (χ0v) is 12.3. The molecule has 6 heteroatoms. The number of halogens is 2. The molecule has 0 atom stereocenters. The van der Waals surface area contributed by atoms with Crippen LogP contribution in [0.2, 0.25) is 0 Å². The molecule has 0 saturated heterocycles. The summed E-state index contributed by atoms with van der Waals surface area (Å²) in [6, 6.07) is 13.0. The lowest BCUT2D eigenvalue weighted by Gasteiger charge is -2.09. The van der Waals surface area contributed by atoms with Crippen molar-refractivity contribution in [3.8, 4) is 11.5 Å². The van der Waals surface area contributed by atoms with E-state index in [2.05, 4.69) is 10.1 Å². The Balaban J connectivity index is 1.81. The van der Waals surface area contributed by atoms with Gasteiger partial charge in [0.1, 0.15) is 11.5 Å². The topological polar surface area (TPSA) is 58.6 Å². The Bertz CT molecular complexity index is 662. The molecule has 23 heavy (non-hydrogen) atoms. The minimum absolute atomic E-state index is 0.0564. The first-order valence-electron chi connectivity index (χ1n) is 7.12. The fraction of sp³-hybridized carbons (Fsp3) is 0.235. The molecule has 2 aromatic rings. The van der Waals surface area contributed by atoms with E-state index >= 15 is 0 Å². The summed E-state index contributed by atoms with van der Waals surface area (Å²) in [4.78, 5) is 11.8. The molecule has 1 amide bonds. The van der Waals surface area contributed by atoms with Gasteiger partial charge in [0, 0.05) is 13.0 Å². The maximum Gasteiger partial charge on any atom is 0.387 e. The summed E-state index contributed by atoms with van der Waals surface area (Å²) in [5, 5.41) is 12.3. The van der Waals surface area contributed by atoms with E-state index in [1.807, 2.05) is 0 Å². The number of aryl methyl sites for hydroxylation is 1. The van der Waals surface area contributed by atoms with Crippen molar-refractivity contribution in [2.24, 2.45) is 0 Å². The average molecular weight is 321 g/mol. The van der Waals surface area contributed by atoms with Crippen LogP contribution in [0.1, 0.15) is 17.5 Å². The molecule has 0 saturated carbocycles. The molecule has 0 radical (unpaired) electrons. The average Bonchev–Trinajstić information content (AvgIpc) is 2.52. The maximum absolute atomic E-state index is 12.1. The molecular formula is C17H17F2NO3. The zero-order chi connectivity index (χ0) is 16.7. The van der Waals surface area contributed by atoms with Crippen molar-refractivity contribution in [1.82, 2.24) is 5.32 Å². The highest BCUT2D eigenvalue weighted by Crippen LogP contribution is 2.18. The van der Waals surface area contributed by atoms with Crippen LogP contribution in [0.4, 0.5) is 8.78 Å². The van der Waals surface area contributed by atoms with Crippen LogP contribution in [0.25, 0.3) is 0 Å². The number of amides is 1. The second kappa shape index (κ2) is 8.12. The second-order valence-corrected chi connectivity index (χ2v) is 4.93. The number of ether oxygens (including phenoxy) is 1. The van der Waals surface area contributed by atoms with Crippen molar-refractivity contribution >= 4 is 5.91 Å². The largest absolute Gasteiger partial charge is 0.508 e. The van der Waals surface area contributed by atoms with Crippen LogP contribution in [0, 0.1) is 0 Å². The highest BCUT2D eigenvalue weighted by molar-refractivity contribution is 5.76. The molecule has 4 nitrogen and oxygen atoms in total. The minimum Gasteiger partial charge on any atom is -0.508 e. The van der Waals surface area contributed by atoms with Crippen LogP contribution in [0.3, 0.4) is 0 Å². The van der Waals surface area contributed by atoms with Gasteiger partial charge in [-0.1, -0.05) is 30.3 Å². The molecule has 0 aliphatic heterocycles. The van der Waals surface area contributed by atoms with Crippen LogP contribution >= 0.6 is 0 Å². The second-order valence-electron chi connectivity index (χ2n) is 4.93. The van der Waals surface area contributed by atoms with Crippen LogP contribution in [0.15, 0.2) is 48.5 Å². The number of nitrogens with one attached hydrogen (secondary N) is 1. The van der Waals surface area contributed by atoms with Gasteiger partial charge in [0.25, 0.3) is 0 Å². The van der Waals surface area contributed by atoms with E-state index in [0.717, 1.165) is 0 Å². The first-order valence-corrected chi connectivity index (χ1v) is 7.12. The van der Waals surface area contributed by atoms with Gasteiger partial charge in [-0.05, 0) is 35.7 Å². The lowest BCUT2D eigenvalue weighted by Crippen LogP contribution is -2.23. The summed E-state index contributed by atoms with van der Waals surface area (Å²) < 4.78 is 28.6. The van der Waals surface area contributed by atoms with E-state index in [1.54, 1.807) is 36.4 Å². The highest BCUT2D eigenvalue weighted by Gasteiger charge is 2.07. The van der Waals surface area contributed by atoms with E-state index in [4.69, 9.17) is 0 Å². The number of phenols is 1. The van der Waals surface area contributed by atoms with Crippen molar-refractivity contribution in [2.45, 2.75) is 26.0 Å². The van der Waals surface area contributed by atoms with Crippen LogP contribution in [0.5, 0.6) is 11.5 Å². The van der Waals surface area contributed by atoms with Crippen molar-refractivity contribution in [3.63, 3.8) is 0 Å². The monoisotopic (exact) mass is 321 g/mol. The number of hydrogen-bond donors (Lipinski definition) is 2. The number of benzene rings is 2. The number of hydrogen-bond acceptors (Lipinski definition) is 3. The third kappa shape index (κ3) is 5.58. The smallest absolute Gasteiger partial charge is 0.387 e. The van der Waals surface area contributed by atoms with Crippen molar-refractivity contribution in [1.29, 1.82) is 0 Å². The van der Waals surface area contributed by atoms with Gasteiger partial charge in [0.15, 0.2) is 0 Å². The molecule has 2 rings (SSSR count). The number of rotatable bonds is 7. The lowest BCUT2D eigenvalue weighted by atomic mass is 10.1. The molecule has 0 heterocycles. The fourth-order valence-electron chi connectivity index (χ4n) is 2.09. The summed E-state index contributed by atoms with van der Waals surface area (Å²) in [6.07, 6.45) is 0.651. The number of carbonyl (C=O) groups excluding carboxylic acids is 1. The summed E-state index contributed by atoms with van der Waals surface area (Å²) >= 11 is 0. The molecule has 0 fully saturated rings. The first-order chi connectivity index (χ1) is 11.0. The fourth-order valence-corrected chi connectivity index (χ4v) is 2.09. The van der Waals surface area contributed by atoms with Gasteiger partial charge in [0.05, 0.1) is 0 Å². The molecular weight excluding hydrogens is 304 g/mol. The number of carbonyl (C=O) groups is 1. The van der Waals surface area contributed by atoms with E-state index in [0.29, 0.717) is 17.5 Å². The molecule has 0 aliphatic rings. The quantitative estimate of drug-likeness (QED) is 0.823. The van der Waals surface area contributed by atoms with Gasteiger partial charge in [-0.3, -0.25) is 4.79 Å². The van der Waals surface area contributed by atoms with E-state index in [1.165, 1.54) is 12.1 Å². The number of para-hydroxylation sites is 1. The normalized spacial score (nSPS) is 10.6. The third-order valence-electron chi connectivity index (χ3n) is 3.23. The van der Waals surface area contributed by atoms with Gasteiger partial charge in [-0.15, -0.1) is 0 Å². The molecule has 2 N–H and O–H groups in total. The predicted molar refractivity (Wildman–Crippen MR) is 81.3 cm³/mol. The maximum atomic E-state index is 12.1. The van der Waals surface area contributed by atoms with Gasteiger partial charge < -0.3 is 15.2 Å². The summed E-state index contributed by atoms with van der Waals surface area (Å²) in [5.41, 5.74) is 1.37. The molecule has 0 unspecified atom stereocenters. The molecule has 0 aromatic heterocycles. The summed E-state index contributed by atoms with van der Waals surface area (Å²) in [7, 11) is 0. The number of aromatic hydroxyl groups is 1. The standard InChI is InChI=1S/C17H17F2NO3/c18-17(19)23-14-6-3-4-12(10-14)11-20-16(22)9-8-13-5-1-2-7-15(13)21/h1-7,10,17,21H,8-9,11H2,(H,20,22). The van der Waals surface area contributed by atoms with Crippen LogP contribution in [-0.2, 0) is 17.8 Å². The Hall–Kier alpha value is -2.63. The van der Waals surface area contributed by atoms with E-state index in [-0.39, 0.29) is 30.4 Å². The Morgan fingerprint density at radius 1 is 1.17 bits per heavy atom. The first kappa shape index (κ1) is 16.7. The molecule has 2 aromatic carbocycles. The molecule has 0 aliphatic carbocycles. The molecule has 0 spiro atoms. The molecule has 0 bridgehead atoms. The van der Waals surface area contributed by atoms with Crippen molar-refractivity contribution < 1.29 is 23.4 Å². The zero-order valence-electron chi connectivity index (χ0n) is 12.3. The van der Waals surface area contributed by atoms with Crippen LogP contribution in [-0.4, -0.2) is 17.6 Å². The van der Waals surface area contributed by atoms with Gasteiger partial charge >= 0.3 is 6.61 Å². The van der Waals surface area contributed by atoms with Crippen molar-refractivity contribution in [2.75, 3.05) is 0 Å². The predicted octanol–water partition coefficient (Wildman–Crippen LogP) is 3.24. The van der Waals surface area contributed by atoms with Crippen molar-refractivity contribution in [3.05, 3.63) is 59.7 Å². The summed E-state index contributed by atoms with van der Waals surface area (Å²) in [6.45, 7) is -2.65. The Labute approximate surface area is 132 Å². The Kier molecular flexibility index (Phi) is 5.91. The lowest BCUT2D eigenvalue weighted by molar-refractivity contribution is -0.121. The molecule has 122 valence electrons. The number of alkyl halides is 2. The van der Waals surface area contributed by atoms with Gasteiger partial charge in [0.2, 0.25) is 5.91 Å². The van der Waals surface area contributed by atoms with E-state index < -0.39 is 6.61 Å². The minimum atomic E-state index is -2.88. The Morgan fingerprint density at radius 3 is 2.70 bits per heavy atom. The van der Waals surface area contributed by atoms with Gasteiger partial charge in [-0.2, -0.15) is 8.78 Å². The SMILES string of the molecule is O=C(CCc1ccccc1O)NCc1cccc(OC(F)F)c1. The van der Waals surface area contributed by atoms with E-state index in [9.17, 15) is 18.7 Å². The number of phenolic OH excluding ortho intramolecular Hbond substituents is 1. The van der Waals surface area contributed by atoms with Gasteiger partial charge in [-0.25, -0.2) is 0 Å².